The molecule has 2 aliphatic heterocycles. The number of aromatic nitrogens is 2. The van der Waals surface area contributed by atoms with E-state index in [2.05, 4.69) is 9.47 Å². The fourth-order valence-corrected chi connectivity index (χ4v) is 5.24. The second-order valence-corrected chi connectivity index (χ2v) is 10.4. The maximum atomic E-state index is 13.3. The first-order valence-electron chi connectivity index (χ1n) is 13.6. The zero-order chi connectivity index (χ0) is 27.6. The smallest absolute Gasteiger partial charge is 0.335 e. The quantitative estimate of drug-likeness (QED) is 0.349. The predicted molar refractivity (Wildman–Crippen MR) is 150 cm³/mol. The van der Waals surface area contributed by atoms with Crippen LogP contribution in [0.3, 0.4) is 0 Å². The highest BCUT2D eigenvalue weighted by atomic mass is 16.5. The SMILES string of the molecule is Cc1ccccc1Oc1cccc(C(=O)N2CCN(Cc3nc4ccc(C(=O)O)cc4n3CC3CCO3)CC2)c1. The Kier molecular flexibility index (Phi) is 7.23. The topological polar surface area (TPSA) is 97.1 Å². The van der Waals surface area contributed by atoms with Crippen LogP contribution in [-0.4, -0.2) is 75.2 Å². The summed E-state index contributed by atoms with van der Waals surface area (Å²) in [6.07, 6.45) is 1.10. The summed E-state index contributed by atoms with van der Waals surface area (Å²) in [5.74, 6) is 1.33. The Morgan fingerprint density at radius 2 is 1.80 bits per heavy atom. The van der Waals surface area contributed by atoms with Crippen molar-refractivity contribution in [2.45, 2.75) is 32.5 Å². The highest BCUT2D eigenvalue weighted by molar-refractivity contribution is 5.95. The molecule has 0 radical (unpaired) electrons. The number of amides is 1. The number of hydrogen-bond acceptors (Lipinski definition) is 6. The minimum atomic E-state index is -0.954. The van der Waals surface area contributed by atoms with Crippen LogP contribution in [0.4, 0.5) is 0 Å². The summed E-state index contributed by atoms with van der Waals surface area (Å²) in [5, 5.41) is 9.48. The van der Waals surface area contributed by atoms with Gasteiger partial charge < -0.3 is 24.0 Å². The van der Waals surface area contributed by atoms with Crippen molar-refractivity contribution in [1.29, 1.82) is 0 Å². The number of hydrogen-bond donors (Lipinski definition) is 1. The lowest BCUT2D eigenvalue weighted by molar-refractivity contribution is -0.0592. The molecule has 3 heterocycles. The van der Waals surface area contributed by atoms with Gasteiger partial charge >= 0.3 is 5.97 Å². The number of rotatable bonds is 8. The van der Waals surface area contributed by atoms with Gasteiger partial charge in [-0.3, -0.25) is 9.69 Å². The predicted octanol–water partition coefficient (Wildman–Crippen LogP) is 4.58. The van der Waals surface area contributed by atoms with Crippen molar-refractivity contribution >= 4 is 22.9 Å². The van der Waals surface area contributed by atoms with Gasteiger partial charge in [0.1, 0.15) is 17.3 Å². The third kappa shape index (κ3) is 5.43. The van der Waals surface area contributed by atoms with Crippen LogP contribution in [0.5, 0.6) is 11.5 Å². The van der Waals surface area contributed by atoms with Crippen molar-refractivity contribution in [1.82, 2.24) is 19.4 Å². The summed E-state index contributed by atoms with van der Waals surface area (Å²) in [5.41, 5.74) is 3.48. The maximum absolute atomic E-state index is 13.3. The van der Waals surface area contributed by atoms with Crippen LogP contribution in [0.15, 0.2) is 66.7 Å². The van der Waals surface area contributed by atoms with Crippen LogP contribution in [0.1, 0.15) is 38.5 Å². The van der Waals surface area contributed by atoms with E-state index in [1.54, 1.807) is 24.3 Å². The monoisotopic (exact) mass is 540 g/mol. The maximum Gasteiger partial charge on any atom is 0.335 e. The van der Waals surface area contributed by atoms with Gasteiger partial charge in [-0.1, -0.05) is 24.3 Å². The van der Waals surface area contributed by atoms with E-state index >= 15 is 0 Å². The minimum Gasteiger partial charge on any atom is -0.478 e. The third-order valence-corrected chi connectivity index (χ3v) is 7.68. The van der Waals surface area contributed by atoms with Gasteiger partial charge in [0, 0.05) is 38.3 Å². The fourth-order valence-electron chi connectivity index (χ4n) is 5.24. The molecule has 2 aliphatic rings. The summed E-state index contributed by atoms with van der Waals surface area (Å²) >= 11 is 0. The van der Waals surface area contributed by atoms with Crippen molar-refractivity contribution in [3.63, 3.8) is 0 Å². The number of ether oxygens (including phenoxy) is 2. The molecule has 1 unspecified atom stereocenters. The number of aromatic carboxylic acids is 1. The first kappa shape index (κ1) is 26.0. The van der Waals surface area contributed by atoms with Crippen LogP contribution >= 0.6 is 0 Å². The summed E-state index contributed by atoms with van der Waals surface area (Å²) in [4.78, 5) is 33.9. The number of benzene rings is 3. The molecule has 4 aromatic rings. The second-order valence-electron chi connectivity index (χ2n) is 10.4. The van der Waals surface area contributed by atoms with Crippen LogP contribution in [0.25, 0.3) is 11.0 Å². The van der Waals surface area contributed by atoms with E-state index in [1.165, 1.54) is 0 Å². The van der Waals surface area contributed by atoms with E-state index < -0.39 is 5.97 Å². The highest BCUT2D eigenvalue weighted by Crippen LogP contribution is 2.27. The Hall–Kier alpha value is -4.21. The molecule has 0 spiro atoms. The zero-order valence-corrected chi connectivity index (χ0v) is 22.5. The Labute approximate surface area is 232 Å². The van der Waals surface area contributed by atoms with Crippen molar-refractivity contribution in [3.8, 4) is 11.5 Å². The van der Waals surface area contributed by atoms with Crippen molar-refractivity contribution in [3.05, 3.63) is 89.2 Å². The van der Waals surface area contributed by atoms with Gasteiger partial charge in [-0.05, 0) is 61.4 Å². The molecule has 9 heteroatoms. The average molecular weight is 541 g/mol. The molecule has 9 nitrogen and oxygen atoms in total. The molecule has 3 aromatic carbocycles. The highest BCUT2D eigenvalue weighted by Gasteiger charge is 2.26. The van der Waals surface area contributed by atoms with Gasteiger partial charge in [0.15, 0.2) is 0 Å². The zero-order valence-electron chi connectivity index (χ0n) is 22.5. The lowest BCUT2D eigenvalue weighted by Crippen LogP contribution is -2.48. The van der Waals surface area contributed by atoms with Crippen LogP contribution in [0, 0.1) is 6.92 Å². The minimum absolute atomic E-state index is 0.00884. The van der Waals surface area contributed by atoms with E-state index in [0.29, 0.717) is 50.6 Å². The molecule has 2 fully saturated rings. The lowest BCUT2D eigenvalue weighted by Gasteiger charge is -2.35. The molecule has 2 saturated heterocycles. The molecule has 1 aromatic heterocycles. The number of imidazole rings is 1. The number of piperazine rings is 1. The van der Waals surface area contributed by atoms with Gasteiger partial charge in [0.2, 0.25) is 0 Å². The number of carbonyl (C=O) groups excluding carboxylic acids is 1. The number of aryl methyl sites for hydroxylation is 1. The molecule has 0 saturated carbocycles. The number of carboxylic acids is 1. The van der Waals surface area contributed by atoms with Gasteiger partial charge in [0.25, 0.3) is 5.91 Å². The Bertz CT molecular complexity index is 1550. The Balaban J connectivity index is 1.12. The molecule has 0 bridgehead atoms. The van der Waals surface area contributed by atoms with Crippen molar-refractivity contribution < 1.29 is 24.2 Å². The number of nitrogens with zero attached hydrogens (tertiary/aromatic N) is 4. The molecule has 1 atom stereocenters. The molecule has 1 N–H and O–H groups in total. The first-order valence-corrected chi connectivity index (χ1v) is 13.6. The van der Waals surface area contributed by atoms with Crippen LogP contribution in [-0.2, 0) is 17.8 Å². The number of carbonyl (C=O) groups is 2. The Morgan fingerprint density at radius 3 is 2.52 bits per heavy atom. The van der Waals surface area contributed by atoms with E-state index in [1.807, 2.05) is 54.3 Å². The van der Waals surface area contributed by atoms with Gasteiger partial charge in [0.05, 0.1) is 35.8 Å². The van der Waals surface area contributed by atoms with Crippen molar-refractivity contribution in [2.24, 2.45) is 0 Å². The molecule has 6 rings (SSSR count). The number of para-hydroxylation sites is 1. The average Bonchev–Trinajstić information content (AvgIpc) is 3.28. The second kappa shape index (κ2) is 11.1. The fraction of sp³-hybridized carbons (Fsp3) is 0.323. The largest absolute Gasteiger partial charge is 0.478 e. The van der Waals surface area contributed by atoms with Gasteiger partial charge in [-0.2, -0.15) is 0 Å². The summed E-state index contributed by atoms with van der Waals surface area (Å²) in [6.45, 7) is 6.66. The van der Waals surface area contributed by atoms with E-state index in [9.17, 15) is 14.7 Å². The lowest BCUT2D eigenvalue weighted by atomic mass is 10.1. The molecule has 206 valence electrons. The molecular weight excluding hydrogens is 508 g/mol. The summed E-state index contributed by atoms with van der Waals surface area (Å²) in [7, 11) is 0. The van der Waals surface area contributed by atoms with E-state index in [0.717, 1.165) is 41.2 Å². The first-order chi connectivity index (χ1) is 19.4. The molecule has 0 aliphatic carbocycles. The third-order valence-electron chi connectivity index (χ3n) is 7.68. The molecule has 40 heavy (non-hydrogen) atoms. The normalized spacial score (nSPS) is 17.5. The summed E-state index contributed by atoms with van der Waals surface area (Å²) < 4.78 is 13.8. The van der Waals surface area contributed by atoms with Crippen LogP contribution in [0.2, 0.25) is 0 Å². The number of fused-ring (bicyclic) bond motifs is 1. The van der Waals surface area contributed by atoms with Gasteiger partial charge in [-0.25, -0.2) is 9.78 Å². The number of carboxylic acid groups (broad SMARTS) is 1. The van der Waals surface area contributed by atoms with Gasteiger partial charge in [-0.15, -0.1) is 0 Å². The standard InChI is InChI=1S/C31H32N4O5/c1-21-5-2-3-8-28(21)40-24-7-4-6-22(17-24)30(36)34-14-12-33(13-15-34)20-29-32-26-10-9-23(31(37)38)18-27(26)35(29)19-25-11-16-39-25/h2-10,17-18,25H,11-16,19-20H2,1H3,(H,37,38). The molecule has 1 amide bonds. The Morgan fingerprint density at radius 1 is 1.00 bits per heavy atom. The summed E-state index contributed by atoms with van der Waals surface area (Å²) in [6, 6.07) is 20.2. The van der Waals surface area contributed by atoms with Crippen molar-refractivity contribution in [2.75, 3.05) is 32.8 Å². The van der Waals surface area contributed by atoms with Crippen LogP contribution < -0.4 is 4.74 Å². The molecular formula is C31H32N4O5. The van der Waals surface area contributed by atoms with E-state index in [-0.39, 0.29) is 17.6 Å². The van der Waals surface area contributed by atoms with E-state index in [4.69, 9.17) is 14.5 Å².